The van der Waals surface area contributed by atoms with Crippen LogP contribution in [0.25, 0.3) is 0 Å². The van der Waals surface area contributed by atoms with Gasteiger partial charge in [0.15, 0.2) is 15.6 Å². The number of carbonyl (C=O) groups excluding carboxylic acids is 1. The van der Waals surface area contributed by atoms with Crippen molar-refractivity contribution in [3.05, 3.63) is 47.0 Å². The second-order valence-electron chi connectivity index (χ2n) is 9.02. The summed E-state index contributed by atoms with van der Waals surface area (Å²) in [5.41, 5.74) is 1.35. The Morgan fingerprint density at radius 1 is 1.24 bits per heavy atom. The number of carbonyl (C=O) groups is 1. The molecule has 0 aliphatic carbocycles. The molecule has 1 saturated heterocycles. The van der Waals surface area contributed by atoms with Gasteiger partial charge in [0.2, 0.25) is 5.91 Å². The van der Waals surface area contributed by atoms with Crippen LogP contribution in [-0.4, -0.2) is 61.7 Å². The zero-order valence-electron chi connectivity index (χ0n) is 19.1. The molecular weight excluding hydrogens is 464 g/mol. The van der Waals surface area contributed by atoms with Crippen molar-refractivity contribution in [2.45, 2.75) is 43.3 Å². The number of ether oxygens (including phenoxy) is 1. The SMILES string of the molecule is CCC(C)(c1ncc(OCCN2CCC3(CC2)C(=O)Nc2ccc(Cl)cc23)cn1)S(C)(=O)=O. The van der Waals surface area contributed by atoms with Gasteiger partial charge in [0.25, 0.3) is 0 Å². The summed E-state index contributed by atoms with van der Waals surface area (Å²) in [5.74, 6) is 0.829. The summed E-state index contributed by atoms with van der Waals surface area (Å²) in [6.45, 7) is 6.15. The van der Waals surface area contributed by atoms with Crippen molar-refractivity contribution in [2.75, 3.05) is 37.8 Å². The van der Waals surface area contributed by atoms with E-state index in [0.717, 1.165) is 37.2 Å². The fourth-order valence-electron chi connectivity index (χ4n) is 4.58. The molecule has 1 N–H and O–H groups in total. The van der Waals surface area contributed by atoms with Crippen LogP contribution in [0.4, 0.5) is 5.69 Å². The third-order valence-electron chi connectivity index (χ3n) is 7.16. The molecule has 0 saturated carbocycles. The van der Waals surface area contributed by atoms with E-state index >= 15 is 0 Å². The molecular formula is C23H29ClN4O4S. The number of benzene rings is 1. The van der Waals surface area contributed by atoms with Gasteiger partial charge < -0.3 is 10.1 Å². The fourth-order valence-corrected chi connectivity index (χ4v) is 5.72. The van der Waals surface area contributed by atoms with E-state index in [4.69, 9.17) is 16.3 Å². The minimum Gasteiger partial charge on any atom is -0.489 e. The highest BCUT2D eigenvalue weighted by Gasteiger charge is 2.48. The van der Waals surface area contributed by atoms with Crippen molar-refractivity contribution < 1.29 is 17.9 Å². The number of nitrogens with zero attached hydrogens (tertiary/aromatic N) is 3. The van der Waals surface area contributed by atoms with Crippen LogP contribution in [0.1, 0.15) is 44.5 Å². The minimum atomic E-state index is -3.35. The third-order valence-corrected chi connectivity index (χ3v) is 9.50. The lowest BCUT2D eigenvalue weighted by molar-refractivity contribution is -0.122. The van der Waals surface area contributed by atoms with Crippen molar-refractivity contribution in [2.24, 2.45) is 0 Å². The van der Waals surface area contributed by atoms with Gasteiger partial charge in [0.05, 0.1) is 17.8 Å². The molecule has 1 spiro atoms. The Bertz CT molecular complexity index is 1150. The highest BCUT2D eigenvalue weighted by Crippen LogP contribution is 2.45. The Labute approximate surface area is 199 Å². The summed E-state index contributed by atoms with van der Waals surface area (Å²) in [6, 6.07) is 5.58. The molecule has 33 heavy (non-hydrogen) atoms. The molecule has 1 aromatic heterocycles. The summed E-state index contributed by atoms with van der Waals surface area (Å²) >= 11 is 6.19. The van der Waals surface area contributed by atoms with E-state index in [9.17, 15) is 13.2 Å². The Morgan fingerprint density at radius 2 is 1.91 bits per heavy atom. The van der Waals surface area contributed by atoms with Crippen LogP contribution in [0.3, 0.4) is 0 Å². The van der Waals surface area contributed by atoms with Gasteiger partial charge in [-0.2, -0.15) is 0 Å². The number of piperidine rings is 1. The first-order valence-corrected chi connectivity index (χ1v) is 13.3. The van der Waals surface area contributed by atoms with Crippen LogP contribution in [0.15, 0.2) is 30.6 Å². The molecule has 1 fully saturated rings. The molecule has 2 aliphatic rings. The Kier molecular flexibility index (Phi) is 6.41. The maximum Gasteiger partial charge on any atom is 0.235 e. The summed E-state index contributed by atoms with van der Waals surface area (Å²) in [4.78, 5) is 23.5. The Morgan fingerprint density at radius 3 is 2.52 bits per heavy atom. The van der Waals surface area contributed by atoms with Crippen molar-refractivity contribution in [3.63, 3.8) is 0 Å². The summed E-state index contributed by atoms with van der Waals surface area (Å²) < 4.78 is 29.0. The van der Waals surface area contributed by atoms with Gasteiger partial charge >= 0.3 is 0 Å². The molecule has 10 heteroatoms. The van der Waals surface area contributed by atoms with Gasteiger partial charge in [0, 0.05) is 23.5 Å². The first-order chi connectivity index (χ1) is 15.6. The number of fused-ring (bicyclic) bond motifs is 2. The van der Waals surface area contributed by atoms with Crippen molar-refractivity contribution >= 4 is 33.0 Å². The molecule has 1 unspecified atom stereocenters. The van der Waals surface area contributed by atoms with Gasteiger partial charge in [-0.3, -0.25) is 9.69 Å². The Balaban J connectivity index is 1.32. The van der Waals surface area contributed by atoms with E-state index in [2.05, 4.69) is 20.2 Å². The van der Waals surface area contributed by atoms with Crippen LogP contribution < -0.4 is 10.1 Å². The number of anilines is 1. The van der Waals surface area contributed by atoms with E-state index in [1.54, 1.807) is 19.9 Å². The van der Waals surface area contributed by atoms with Crippen LogP contribution in [0, 0.1) is 0 Å². The summed E-state index contributed by atoms with van der Waals surface area (Å²) in [5, 5.41) is 3.64. The predicted molar refractivity (Wildman–Crippen MR) is 127 cm³/mol. The maximum atomic E-state index is 12.8. The predicted octanol–water partition coefficient (Wildman–Crippen LogP) is 3.16. The molecule has 178 valence electrons. The van der Waals surface area contributed by atoms with Gasteiger partial charge in [0.1, 0.15) is 17.2 Å². The zero-order valence-corrected chi connectivity index (χ0v) is 20.7. The number of hydrogen-bond donors (Lipinski definition) is 1. The van der Waals surface area contributed by atoms with Crippen molar-refractivity contribution in [1.29, 1.82) is 0 Å². The standard InChI is InChI=1S/C23H29ClN4O4S/c1-4-22(2,33(3,30)31)20-25-14-17(15-26-20)32-12-11-28-9-7-23(8-10-28)18-13-16(24)5-6-19(18)27-21(23)29/h5-6,13-15H,4,7-12H2,1-3H3,(H,27,29). The monoisotopic (exact) mass is 492 g/mol. The van der Waals surface area contributed by atoms with Gasteiger partial charge in [-0.05, 0) is 63.0 Å². The van der Waals surface area contributed by atoms with Gasteiger partial charge in [-0.15, -0.1) is 0 Å². The van der Waals surface area contributed by atoms with Crippen molar-refractivity contribution in [3.8, 4) is 5.75 Å². The number of rotatable bonds is 7. The number of sulfone groups is 1. The lowest BCUT2D eigenvalue weighted by Gasteiger charge is -2.37. The number of halogens is 1. The second kappa shape index (κ2) is 8.85. The van der Waals surface area contributed by atoms with Crippen LogP contribution >= 0.6 is 11.6 Å². The molecule has 8 nitrogen and oxygen atoms in total. The number of amides is 1. The lowest BCUT2D eigenvalue weighted by atomic mass is 9.73. The summed E-state index contributed by atoms with van der Waals surface area (Å²) in [7, 11) is -3.35. The molecule has 2 aromatic rings. The van der Waals surface area contributed by atoms with Crippen LogP contribution in [-0.2, 0) is 24.8 Å². The maximum absolute atomic E-state index is 12.8. The van der Waals surface area contributed by atoms with E-state index in [-0.39, 0.29) is 11.7 Å². The number of nitrogens with one attached hydrogen (secondary N) is 1. The minimum absolute atomic E-state index is 0.0566. The first-order valence-electron chi connectivity index (χ1n) is 11.1. The average Bonchev–Trinajstić information content (AvgIpc) is 3.05. The highest BCUT2D eigenvalue weighted by atomic mass is 35.5. The topological polar surface area (TPSA) is 101 Å². The number of hydrogen-bond acceptors (Lipinski definition) is 7. The lowest BCUT2D eigenvalue weighted by Crippen LogP contribution is -2.47. The van der Waals surface area contributed by atoms with Crippen LogP contribution in [0.2, 0.25) is 5.02 Å². The zero-order chi connectivity index (χ0) is 23.9. The van der Waals surface area contributed by atoms with Gasteiger partial charge in [-0.25, -0.2) is 18.4 Å². The first kappa shape index (κ1) is 23.9. The molecule has 0 bridgehead atoms. The molecule has 3 heterocycles. The third kappa shape index (κ3) is 4.34. The molecule has 1 atom stereocenters. The fraction of sp³-hybridized carbons (Fsp3) is 0.522. The van der Waals surface area contributed by atoms with Crippen molar-refractivity contribution in [1.82, 2.24) is 14.9 Å². The van der Waals surface area contributed by atoms with E-state index in [1.807, 2.05) is 12.1 Å². The molecule has 2 aliphatic heterocycles. The van der Waals surface area contributed by atoms with Gasteiger partial charge in [-0.1, -0.05) is 18.5 Å². The number of likely N-dealkylation sites (tertiary alicyclic amines) is 1. The van der Waals surface area contributed by atoms with E-state index in [0.29, 0.717) is 30.3 Å². The number of aromatic nitrogens is 2. The smallest absolute Gasteiger partial charge is 0.235 e. The molecule has 0 radical (unpaired) electrons. The quantitative estimate of drug-likeness (QED) is 0.633. The molecule has 1 aromatic carbocycles. The Hall–Kier alpha value is -2.23. The van der Waals surface area contributed by atoms with Crippen LogP contribution in [0.5, 0.6) is 5.75 Å². The van der Waals surface area contributed by atoms with E-state index in [1.165, 1.54) is 18.6 Å². The normalized spacial score (nSPS) is 19.7. The molecule has 4 rings (SSSR count). The molecule has 1 amide bonds. The largest absolute Gasteiger partial charge is 0.489 e. The summed E-state index contributed by atoms with van der Waals surface area (Å²) in [6.07, 6.45) is 6.09. The average molecular weight is 493 g/mol. The second-order valence-corrected chi connectivity index (χ2v) is 11.9. The highest BCUT2D eigenvalue weighted by molar-refractivity contribution is 7.91. The van der Waals surface area contributed by atoms with E-state index < -0.39 is 20.0 Å².